The Hall–Kier alpha value is -4.20. The fourth-order valence-electron chi connectivity index (χ4n) is 3.45. The monoisotopic (exact) mass is 402 g/mol. The normalized spacial score (nSPS) is 15.1. The van der Waals surface area contributed by atoms with E-state index >= 15 is 0 Å². The van der Waals surface area contributed by atoms with Crippen molar-refractivity contribution in [1.82, 2.24) is 4.57 Å². The van der Waals surface area contributed by atoms with E-state index in [1.165, 1.54) is 17.1 Å². The maximum absolute atomic E-state index is 13.0. The lowest BCUT2D eigenvalue weighted by Gasteiger charge is -2.11. The summed E-state index contributed by atoms with van der Waals surface area (Å²) in [6.45, 7) is 1.77. The van der Waals surface area contributed by atoms with Crippen molar-refractivity contribution < 1.29 is 19.5 Å². The number of anilines is 1. The van der Waals surface area contributed by atoms with Crippen LogP contribution in [0.3, 0.4) is 0 Å². The highest BCUT2D eigenvalue weighted by Crippen LogP contribution is 2.28. The summed E-state index contributed by atoms with van der Waals surface area (Å²) in [6.07, 6.45) is 3.53. The minimum atomic E-state index is -1.04. The van der Waals surface area contributed by atoms with Crippen LogP contribution in [0, 0.1) is 0 Å². The molecule has 3 N–H and O–H groups in total. The summed E-state index contributed by atoms with van der Waals surface area (Å²) in [6, 6.07) is 13.5. The number of hydrogen-bond donors (Lipinski definition) is 2. The van der Waals surface area contributed by atoms with Crippen LogP contribution in [0.15, 0.2) is 65.4 Å². The largest absolute Gasteiger partial charge is 0.478 e. The van der Waals surface area contributed by atoms with E-state index in [9.17, 15) is 14.4 Å². The second-order valence-corrected chi connectivity index (χ2v) is 6.91. The summed E-state index contributed by atoms with van der Waals surface area (Å²) in [5, 5.41) is 15.5. The number of carbonyl (C=O) groups is 3. The zero-order valence-corrected chi connectivity index (χ0v) is 16.1. The number of primary amides is 1. The van der Waals surface area contributed by atoms with E-state index in [4.69, 9.17) is 10.8 Å². The van der Waals surface area contributed by atoms with Crippen LogP contribution in [0.1, 0.15) is 22.8 Å². The lowest BCUT2D eigenvalue weighted by Crippen LogP contribution is -2.21. The van der Waals surface area contributed by atoms with Crippen molar-refractivity contribution in [3.8, 4) is 0 Å². The molecular weight excluding hydrogens is 384 g/mol. The first-order valence-corrected chi connectivity index (χ1v) is 9.16. The van der Waals surface area contributed by atoms with Gasteiger partial charge in [0.2, 0.25) is 5.91 Å². The summed E-state index contributed by atoms with van der Waals surface area (Å²) >= 11 is 0. The minimum absolute atomic E-state index is 0.0345. The van der Waals surface area contributed by atoms with E-state index in [2.05, 4.69) is 5.10 Å². The number of nitrogens with zero attached hydrogens (tertiary/aromatic N) is 3. The molecule has 2 heterocycles. The third-order valence-electron chi connectivity index (χ3n) is 4.87. The molecule has 2 aromatic carbocycles. The number of carboxylic acids is 1. The van der Waals surface area contributed by atoms with Crippen molar-refractivity contribution >= 4 is 46.2 Å². The van der Waals surface area contributed by atoms with Gasteiger partial charge in [-0.1, -0.05) is 18.2 Å². The second kappa shape index (κ2) is 7.32. The van der Waals surface area contributed by atoms with Gasteiger partial charge in [-0.3, -0.25) is 9.59 Å². The number of carbonyl (C=O) groups excluding carboxylic acids is 2. The van der Waals surface area contributed by atoms with Crippen LogP contribution >= 0.6 is 0 Å². The van der Waals surface area contributed by atoms with Crippen molar-refractivity contribution in [1.29, 1.82) is 0 Å². The molecule has 150 valence electrons. The first kappa shape index (κ1) is 19.1. The van der Waals surface area contributed by atoms with Gasteiger partial charge in [0.1, 0.15) is 6.54 Å². The van der Waals surface area contributed by atoms with E-state index in [1.54, 1.807) is 35.9 Å². The highest BCUT2D eigenvalue weighted by molar-refractivity contribution is 6.32. The van der Waals surface area contributed by atoms with E-state index in [-0.39, 0.29) is 18.0 Å². The van der Waals surface area contributed by atoms with E-state index in [1.807, 2.05) is 24.3 Å². The Balaban J connectivity index is 1.72. The Labute approximate surface area is 171 Å². The quantitative estimate of drug-likeness (QED) is 0.638. The fraction of sp³-hybridized carbons (Fsp3) is 0.0909. The van der Waals surface area contributed by atoms with Crippen molar-refractivity contribution in [2.45, 2.75) is 13.5 Å². The molecule has 1 aromatic heterocycles. The van der Waals surface area contributed by atoms with Gasteiger partial charge in [0.15, 0.2) is 0 Å². The van der Waals surface area contributed by atoms with Gasteiger partial charge in [-0.2, -0.15) is 10.1 Å². The molecule has 4 rings (SSSR count). The molecule has 30 heavy (non-hydrogen) atoms. The predicted molar refractivity (Wildman–Crippen MR) is 113 cm³/mol. The van der Waals surface area contributed by atoms with Gasteiger partial charge >= 0.3 is 5.97 Å². The summed E-state index contributed by atoms with van der Waals surface area (Å²) in [4.78, 5) is 35.4. The fourth-order valence-corrected chi connectivity index (χ4v) is 3.45. The summed E-state index contributed by atoms with van der Waals surface area (Å²) in [5.74, 6) is -1.81. The number of para-hydroxylation sites is 1. The van der Waals surface area contributed by atoms with Crippen LogP contribution in [0.25, 0.3) is 17.0 Å². The van der Waals surface area contributed by atoms with Crippen LogP contribution in [0.5, 0.6) is 0 Å². The number of fused-ring (bicyclic) bond motifs is 1. The molecule has 0 atom stereocenters. The first-order chi connectivity index (χ1) is 14.3. The smallest absolute Gasteiger partial charge is 0.335 e. The Morgan fingerprint density at radius 1 is 1.13 bits per heavy atom. The molecule has 1 aliphatic heterocycles. The molecule has 0 unspecified atom stereocenters. The molecule has 1 aliphatic rings. The van der Waals surface area contributed by atoms with Crippen molar-refractivity contribution in [3.05, 3.63) is 71.4 Å². The second-order valence-electron chi connectivity index (χ2n) is 6.91. The number of amides is 2. The van der Waals surface area contributed by atoms with Crippen LogP contribution in [0.4, 0.5) is 5.69 Å². The molecule has 0 saturated carbocycles. The number of aromatic nitrogens is 1. The maximum Gasteiger partial charge on any atom is 0.335 e. The van der Waals surface area contributed by atoms with Crippen LogP contribution < -0.4 is 10.7 Å². The van der Waals surface area contributed by atoms with E-state index in [0.717, 1.165) is 16.5 Å². The molecule has 0 spiro atoms. The molecular formula is C22H18N4O4. The first-order valence-electron chi connectivity index (χ1n) is 9.16. The standard InChI is InChI=1S/C22H18N4O4/c1-13-18(21(28)26(24-13)16-8-6-14(7-9-16)22(29)30)10-15-11-25(12-20(23)27)19-5-3-2-4-17(15)19/h2-11H,12H2,1H3,(H2,23,27)(H,29,30). The Bertz CT molecular complexity index is 1250. The van der Waals surface area contributed by atoms with Gasteiger partial charge in [-0.15, -0.1) is 0 Å². The number of hydrogen-bond acceptors (Lipinski definition) is 4. The summed E-state index contributed by atoms with van der Waals surface area (Å²) < 4.78 is 1.75. The van der Waals surface area contributed by atoms with Gasteiger partial charge in [0, 0.05) is 22.7 Å². The third-order valence-corrected chi connectivity index (χ3v) is 4.87. The van der Waals surface area contributed by atoms with Gasteiger partial charge < -0.3 is 15.4 Å². The lowest BCUT2D eigenvalue weighted by molar-refractivity contribution is -0.118. The number of benzene rings is 2. The van der Waals surface area contributed by atoms with Gasteiger partial charge in [0.25, 0.3) is 5.91 Å². The van der Waals surface area contributed by atoms with Crippen molar-refractivity contribution in [2.75, 3.05) is 5.01 Å². The summed E-state index contributed by atoms with van der Waals surface area (Å²) in [7, 11) is 0. The van der Waals surface area contributed by atoms with Gasteiger partial charge in [-0.25, -0.2) is 4.79 Å². The Morgan fingerprint density at radius 3 is 2.50 bits per heavy atom. The van der Waals surface area contributed by atoms with E-state index in [0.29, 0.717) is 17.0 Å². The Morgan fingerprint density at radius 2 is 1.83 bits per heavy atom. The topological polar surface area (TPSA) is 118 Å². The molecule has 0 fully saturated rings. The number of nitrogens with two attached hydrogens (primary N) is 1. The SMILES string of the molecule is CC1=NN(c2ccc(C(=O)O)cc2)C(=O)C1=Cc1cn(CC(N)=O)c2ccccc12. The average molecular weight is 402 g/mol. The zero-order valence-electron chi connectivity index (χ0n) is 16.1. The molecule has 2 amide bonds. The maximum atomic E-state index is 13.0. The zero-order chi connectivity index (χ0) is 21.4. The van der Waals surface area contributed by atoms with Crippen LogP contribution in [-0.2, 0) is 16.1 Å². The molecule has 8 heteroatoms. The average Bonchev–Trinajstić information content (AvgIpc) is 3.20. The highest BCUT2D eigenvalue weighted by Gasteiger charge is 2.29. The van der Waals surface area contributed by atoms with E-state index < -0.39 is 11.9 Å². The lowest BCUT2D eigenvalue weighted by atomic mass is 10.1. The Kier molecular flexibility index (Phi) is 4.67. The molecule has 0 aliphatic carbocycles. The molecule has 8 nitrogen and oxygen atoms in total. The molecule has 0 radical (unpaired) electrons. The van der Waals surface area contributed by atoms with Crippen molar-refractivity contribution in [2.24, 2.45) is 10.8 Å². The van der Waals surface area contributed by atoms with Gasteiger partial charge in [0.05, 0.1) is 22.5 Å². The number of rotatable bonds is 5. The van der Waals surface area contributed by atoms with Gasteiger partial charge in [-0.05, 0) is 43.3 Å². The summed E-state index contributed by atoms with van der Waals surface area (Å²) in [5.41, 5.74) is 8.52. The van der Waals surface area contributed by atoms with Crippen LogP contribution in [0.2, 0.25) is 0 Å². The number of hydrazone groups is 1. The molecule has 3 aromatic rings. The minimum Gasteiger partial charge on any atom is -0.478 e. The van der Waals surface area contributed by atoms with Crippen molar-refractivity contribution in [3.63, 3.8) is 0 Å². The predicted octanol–water partition coefficient (Wildman–Crippen LogP) is 2.63. The molecule has 0 bridgehead atoms. The molecule has 0 saturated heterocycles. The number of carboxylic acid groups (broad SMARTS) is 1. The number of aromatic carboxylic acids is 1. The van der Waals surface area contributed by atoms with Crippen LogP contribution in [-0.4, -0.2) is 33.2 Å². The highest BCUT2D eigenvalue weighted by atomic mass is 16.4. The third kappa shape index (κ3) is 3.35.